The van der Waals surface area contributed by atoms with Crippen LogP contribution >= 0.6 is 0 Å². The number of benzene rings is 1. The van der Waals surface area contributed by atoms with E-state index in [1.54, 1.807) is 0 Å². The summed E-state index contributed by atoms with van der Waals surface area (Å²) < 4.78 is 41.4. The Balaban J connectivity index is 2.68. The Hall–Kier alpha value is -1.92. The Morgan fingerprint density at radius 2 is 2.06 bits per heavy atom. The van der Waals surface area contributed by atoms with Gasteiger partial charge in [-0.05, 0) is 12.1 Å². The summed E-state index contributed by atoms with van der Waals surface area (Å²) in [7, 11) is 0. The predicted molar refractivity (Wildman–Crippen MR) is 50.8 cm³/mol. The first kappa shape index (κ1) is 13.1. The normalized spacial score (nSPS) is 13.1. The van der Waals surface area contributed by atoms with Crippen molar-refractivity contribution < 1.29 is 32.9 Å². The maximum atomic E-state index is 12.2. The highest BCUT2D eigenvalue weighted by Crippen LogP contribution is 2.27. The molecule has 0 fully saturated rings. The number of alkyl halides is 3. The van der Waals surface area contributed by atoms with Crippen LogP contribution in [0.2, 0.25) is 0 Å². The van der Waals surface area contributed by atoms with Gasteiger partial charge >= 0.3 is 12.1 Å². The fourth-order valence-electron chi connectivity index (χ4n) is 1.06. The third-order valence-corrected chi connectivity index (χ3v) is 1.93. The van der Waals surface area contributed by atoms with E-state index in [9.17, 15) is 18.0 Å². The summed E-state index contributed by atoms with van der Waals surface area (Å²) in [6, 6.07) is 5.09. The van der Waals surface area contributed by atoms with Gasteiger partial charge in [0.05, 0.1) is 0 Å². The molecule has 7 heteroatoms. The maximum absolute atomic E-state index is 12.2. The number of ether oxygens (including phenoxy) is 1. The Morgan fingerprint density at radius 1 is 1.41 bits per heavy atom. The zero-order chi connectivity index (χ0) is 13.1. The molecule has 0 aromatic heterocycles. The van der Waals surface area contributed by atoms with E-state index in [1.807, 2.05) is 0 Å². The number of hydrogen-bond donors (Lipinski definition) is 2. The number of aromatic hydroxyl groups is 1. The number of halogens is 3. The van der Waals surface area contributed by atoms with E-state index in [2.05, 4.69) is 4.74 Å². The number of carbonyl (C=O) groups is 1. The van der Waals surface area contributed by atoms with Crippen molar-refractivity contribution in [2.24, 2.45) is 5.92 Å². The largest absolute Gasteiger partial charge is 0.508 e. The molecule has 0 bridgehead atoms. The second-order valence-corrected chi connectivity index (χ2v) is 3.24. The summed E-state index contributed by atoms with van der Waals surface area (Å²) in [5.41, 5.74) is 0. The van der Waals surface area contributed by atoms with Crippen LogP contribution in [0.3, 0.4) is 0 Å². The van der Waals surface area contributed by atoms with E-state index >= 15 is 0 Å². The van der Waals surface area contributed by atoms with Gasteiger partial charge in [-0.15, -0.1) is 0 Å². The second kappa shape index (κ2) is 4.94. The number of rotatable bonds is 4. The van der Waals surface area contributed by atoms with Gasteiger partial charge in [-0.25, -0.2) is 0 Å². The van der Waals surface area contributed by atoms with Crippen molar-refractivity contribution in [3.63, 3.8) is 0 Å². The van der Waals surface area contributed by atoms with Crippen molar-refractivity contribution in [2.75, 3.05) is 6.61 Å². The Labute approximate surface area is 94.3 Å². The van der Waals surface area contributed by atoms with Gasteiger partial charge in [-0.3, -0.25) is 4.79 Å². The predicted octanol–water partition coefficient (Wildman–Crippen LogP) is 2.03. The smallest absolute Gasteiger partial charge is 0.405 e. The minimum Gasteiger partial charge on any atom is -0.508 e. The first-order valence-corrected chi connectivity index (χ1v) is 4.52. The minimum absolute atomic E-state index is 0.0273. The van der Waals surface area contributed by atoms with Crippen LogP contribution < -0.4 is 4.74 Å². The van der Waals surface area contributed by atoms with E-state index in [-0.39, 0.29) is 11.5 Å². The van der Waals surface area contributed by atoms with Crippen molar-refractivity contribution in [2.45, 2.75) is 6.18 Å². The standard InChI is InChI=1S/C10H9F3O4/c11-10(12,13)8(9(15)16)5-17-7-3-1-2-6(14)4-7/h1-4,8,14H,5H2,(H,15,16). The van der Waals surface area contributed by atoms with Crippen molar-refractivity contribution in [1.29, 1.82) is 0 Å². The molecule has 0 amide bonds. The topological polar surface area (TPSA) is 66.8 Å². The van der Waals surface area contributed by atoms with Crippen LogP contribution in [0.4, 0.5) is 13.2 Å². The van der Waals surface area contributed by atoms with Crippen molar-refractivity contribution in [3.8, 4) is 11.5 Å². The molecule has 0 aliphatic heterocycles. The Bertz CT molecular complexity index is 403. The summed E-state index contributed by atoms with van der Waals surface area (Å²) in [5, 5.41) is 17.4. The molecule has 1 aromatic rings. The van der Waals surface area contributed by atoms with E-state index in [1.165, 1.54) is 18.2 Å². The van der Waals surface area contributed by atoms with Crippen LogP contribution in [-0.4, -0.2) is 29.0 Å². The zero-order valence-corrected chi connectivity index (χ0v) is 8.44. The van der Waals surface area contributed by atoms with Crippen molar-refractivity contribution in [1.82, 2.24) is 0 Å². The summed E-state index contributed by atoms with van der Waals surface area (Å²) in [5.74, 6) is -4.80. The summed E-state index contributed by atoms with van der Waals surface area (Å²) in [4.78, 5) is 10.4. The number of carboxylic acids is 1. The molecule has 17 heavy (non-hydrogen) atoms. The van der Waals surface area contributed by atoms with Crippen molar-refractivity contribution >= 4 is 5.97 Å². The summed E-state index contributed by atoms with van der Waals surface area (Å²) >= 11 is 0. The van der Waals surface area contributed by atoms with Gasteiger partial charge in [0.15, 0.2) is 5.92 Å². The second-order valence-electron chi connectivity index (χ2n) is 3.24. The van der Waals surface area contributed by atoms with Gasteiger partial charge in [0.2, 0.25) is 0 Å². The highest BCUT2D eigenvalue weighted by molar-refractivity contribution is 5.71. The molecule has 2 N–H and O–H groups in total. The average molecular weight is 250 g/mol. The number of phenols is 1. The molecule has 1 aromatic carbocycles. The summed E-state index contributed by atoms with van der Waals surface area (Å²) in [6.45, 7) is -1.04. The molecule has 0 radical (unpaired) electrons. The third kappa shape index (κ3) is 3.86. The molecule has 0 heterocycles. The fourth-order valence-corrected chi connectivity index (χ4v) is 1.06. The molecule has 1 atom stereocenters. The Morgan fingerprint density at radius 3 is 2.53 bits per heavy atom. The van der Waals surface area contributed by atoms with Crippen LogP contribution in [0.1, 0.15) is 0 Å². The lowest BCUT2D eigenvalue weighted by Gasteiger charge is -2.16. The molecule has 94 valence electrons. The molecule has 0 aliphatic rings. The highest BCUT2D eigenvalue weighted by Gasteiger charge is 2.45. The summed E-state index contributed by atoms with van der Waals surface area (Å²) in [6.07, 6.45) is -4.87. The van der Waals surface area contributed by atoms with E-state index in [0.29, 0.717) is 0 Å². The van der Waals surface area contributed by atoms with Crippen LogP contribution in [0.25, 0.3) is 0 Å². The maximum Gasteiger partial charge on any atom is 0.405 e. The van der Waals surface area contributed by atoms with Gasteiger partial charge in [0.1, 0.15) is 18.1 Å². The quantitative estimate of drug-likeness (QED) is 0.858. The van der Waals surface area contributed by atoms with Gasteiger partial charge in [-0.1, -0.05) is 6.07 Å². The van der Waals surface area contributed by atoms with Gasteiger partial charge in [0.25, 0.3) is 0 Å². The van der Waals surface area contributed by atoms with Crippen LogP contribution in [0.5, 0.6) is 11.5 Å². The molecule has 0 saturated heterocycles. The minimum atomic E-state index is -4.87. The molecular weight excluding hydrogens is 241 g/mol. The first-order chi connectivity index (χ1) is 7.80. The van der Waals surface area contributed by atoms with Gasteiger partial charge in [0, 0.05) is 6.07 Å². The van der Waals surface area contributed by atoms with Gasteiger partial charge < -0.3 is 14.9 Å². The van der Waals surface area contributed by atoms with E-state index in [0.717, 1.165) is 6.07 Å². The lowest BCUT2D eigenvalue weighted by molar-refractivity contribution is -0.198. The number of carboxylic acid groups (broad SMARTS) is 1. The highest BCUT2D eigenvalue weighted by atomic mass is 19.4. The fraction of sp³-hybridized carbons (Fsp3) is 0.300. The lowest BCUT2D eigenvalue weighted by atomic mass is 10.1. The monoisotopic (exact) mass is 250 g/mol. The zero-order valence-electron chi connectivity index (χ0n) is 8.44. The first-order valence-electron chi connectivity index (χ1n) is 4.52. The van der Waals surface area contributed by atoms with Gasteiger partial charge in [-0.2, -0.15) is 13.2 Å². The number of hydrogen-bond acceptors (Lipinski definition) is 3. The van der Waals surface area contributed by atoms with E-state index < -0.39 is 24.7 Å². The molecule has 0 spiro atoms. The average Bonchev–Trinajstić information content (AvgIpc) is 2.15. The van der Waals surface area contributed by atoms with Crippen LogP contribution in [-0.2, 0) is 4.79 Å². The van der Waals surface area contributed by atoms with Crippen LogP contribution in [0.15, 0.2) is 24.3 Å². The molecular formula is C10H9F3O4. The SMILES string of the molecule is O=C(O)C(COc1cccc(O)c1)C(F)(F)F. The number of aliphatic carboxylic acids is 1. The molecule has 0 aliphatic carbocycles. The molecule has 1 rings (SSSR count). The Kier molecular flexibility index (Phi) is 3.82. The number of phenolic OH excluding ortho intramolecular Hbond substituents is 1. The molecule has 4 nitrogen and oxygen atoms in total. The lowest BCUT2D eigenvalue weighted by Crippen LogP contribution is -2.35. The molecule has 1 unspecified atom stereocenters. The molecule has 0 saturated carbocycles. The third-order valence-electron chi connectivity index (χ3n) is 1.93. The van der Waals surface area contributed by atoms with Crippen molar-refractivity contribution in [3.05, 3.63) is 24.3 Å². The van der Waals surface area contributed by atoms with Crippen LogP contribution in [0, 0.1) is 5.92 Å². The van der Waals surface area contributed by atoms with E-state index in [4.69, 9.17) is 10.2 Å².